The highest BCUT2D eigenvalue weighted by Crippen LogP contribution is 2.20. The van der Waals surface area contributed by atoms with Crippen molar-refractivity contribution < 1.29 is 5.11 Å². The third-order valence-corrected chi connectivity index (χ3v) is 3.98. The van der Waals surface area contributed by atoms with Gasteiger partial charge in [0, 0.05) is 20.1 Å². The number of likely N-dealkylation sites (tertiary alicyclic amines) is 1. The summed E-state index contributed by atoms with van der Waals surface area (Å²) in [5.74, 6) is 1.46. The van der Waals surface area contributed by atoms with Crippen LogP contribution in [-0.4, -0.2) is 48.9 Å². The predicted molar refractivity (Wildman–Crippen MR) is 75.8 cm³/mol. The van der Waals surface area contributed by atoms with Crippen molar-refractivity contribution in [3.05, 3.63) is 12.0 Å². The van der Waals surface area contributed by atoms with Crippen molar-refractivity contribution in [2.45, 2.75) is 26.0 Å². The maximum Gasteiger partial charge on any atom is 0.163 e. The highest BCUT2D eigenvalue weighted by Gasteiger charge is 2.24. The molecule has 7 heteroatoms. The van der Waals surface area contributed by atoms with Crippen LogP contribution in [0, 0.1) is 5.92 Å². The lowest BCUT2D eigenvalue weighted by molar-refractivity contribution is 0.0311. The number of fused-ring (bicyclic) bond motifs is 1. The fourth-order valence-electron chi connectivity index (χ4n) is 2.72. The molecule has 0 spiro atoms. The predicted octanol–water partition coefficient (Wildman–Crippen LogP) is 0.148. The number of aromatic nitrogens is 4. The van der Waals surface area contributed by atoms with Gasteiger partial charge in [-0.05, 0) is 12.3 Å². The van der Waals surface area contributed by atoms with Crippen LogP contribution in [0.5, 0.6) is 0 Å². The standard InChI is InChI=1S/C13H20N6O/c1-8-6-19(4-3-10(8)20)7-11-16-12(14)9-5-15-18(2)13(9)17-11/h5,8,10,20H,3-4,6-7H2,1-2H3,(H2,14,16,17). The first-order valence-corrected chi connectivity index (χ1v) is 6.89. The first kappa shape index (κ1) is 13.3. The van der Waals surface area contributed by atoms with Gasteiger partial charge in [-0.25, -0.2) is 9.97 Å². The Bertz CT molecular complexity index is 625. The van der Waals surface area contributed by atoms with E-state index in [0.29, 0.717) is 18.2 Å². The van der Waals surface area contributed by atoms with Gasteiger partial charge >= 0.3 is 0 Å². The summed E-state index contributed by atoms with van der Waals surface area (Å²) in [6, 6.07) is 0. The normalized spacial score (nSPS) is 24.4. The molecule has 1 aliphatic rings. The summed E-state index contributed by atoms with van der Waals surface area (Å²) in [7, 11) is 1.85. The maximum atomic E-state index is 9.77. The van der Waals surface area contributed by atoms with Crippen LogP contribution in [0.25, 0.3) is 11.0 Å². The molecule has 1 fully saturated rings. The average molecular weight is 276 g/mol. The van der Waals surface area contributed by atoms with Gasteiger partial charge in [-0.2, -0.15) is 5.10 Å². The Hall–Kier alpha value is -1.73. The second-order valence-electron chi connectivity index (χ2n) is 5.60. The summed E-state index contributed by atoms with van der Waals surface area (Å²) < 4.78 is 1.71. The summed E-state index contributed by atoms with van der Waals surface area (Å²) in [5.41, 5.74) is 6.72. The zero-order valence-corrected chi connectivity index (χ0v) is 11.8. The molecule has 0 aliphatic carbocycles. The Morgan fingerprint density at radius 1 is 1.45 bits per heavy atom. The van der Waals surface area contributed by atoms with Gasteiger partial charge in [-0.3, -0.25) is 9.58 Å². The van der Waals surface area contributed by atoms with Crippen molar-refractivity contribution in [2.75, 3.05) is 18.8 Å². The third kappa shape index (κ3) is 2.34. The molecule has 1 saturated heterocycles. The van der Waals surface area contributed by atoms with Crippen LogP contribution in [0.4, 0.5) is 5.82 Å². The number of aryl methyl sites for hydroxylation is 1. The fraction of sp³-hybridized carbons (Fsp3) is 0.615. The highest BCUT2D eigenvalue weighted by molar-refractivity contribution is 5.84. The molecule has 3 rings (SSSR count). The van der Waals surface area contributed by atoms with Crippen molar-refractivity contribution in [3.8, 4) is 0 Å². The van der Waals surface area contributed by atoms with Crippen LogP contribution in [0.3, 0.4) is 0 Å². The summed E-state index contributed by atoms with van der Waals surface area (Å²) in [6.07, 6.45) is 2.29. The smallest absolute Gasteiger partial charge is 0.163 e. The number of aliphatic hydroxyl groups is 1. The molecule has 1 aliphatic heterocycles. The molecule has 2 atom stereocenters. The maximum absolute atomic E-state index is 9.77. The van der Waals surface area contributed by atoms with E-state index >= 15 is 0 Å². The van der Waals surface area contributed by atoms with Crippen molar-refractivity contribution in [3.63, 3.8) is 0 Å². The molecule has 0 aromatic carbocycles. The number of nitrogen functional groups attached to an aromatic ring is 1. The second kappa shape index (κ2) is 4.99. The van der Waals surface area contributed by atoms with Crippen molar-refractivity contribution in [1.82, 2.24) is 24.6 Å². The summed E-state index contributed by atoms with van der Waals surface area (Å²) in [5, 5.41) is 14.7. The Balaban J connectivity index is 1.82. The summed E-state index contributed by atoms with van der Waals surface area (Å²) in [4.78, 5) is 11.2. The van der Waals surface area contributed by atoms with Crippen LogP contribution in [-0.2, 0) is 13.6 Å². The van der Waals surface area contributed by atoms with Gasteiger partial charge in [0.2, 0.25) is 0 Å². The minimum atomic E-state index is -0.197. The van der Waals surface area contributed by atoms with E-state index in [0.717, 1.165) is 30.5 Å². The zero-order valence-electron chi connectivity index (χ0n) is 11.8. The van der Waals surface area contributed by atoms with Crippen molar-refractivity contribution in [2.24, 2.45) is 13.0 Å². The Kier molecular flexibility index (Phi) is 3.31. The van der Waals surface area contributed by atoms with Gasteiger partial charge in [0.05, 0.1) is 24.2 Å². The van der Waals surface area contributed by atoms with E-state index < -0.39 is 0 Å². The van der Waals surface area contributed by atoms with Crippen LogP contribution < -0.4 is 5.73 Å². The molecule has 7 nitrogen and oxygen atoms in total. The highest BCUT2D eigenvalue weighted by atomic mass is 16.3. The molecular weight excluding hydrogens is 256 g/mol. The molecule has 0 radical (unpaired) electrons. The number of aliphatic hydroxyl groups excluding tert-OH is 1. The molecule has 0 bridgehead atoms. The van der Waals surface area contributed by atoms with Gasteiger partial charge in [0.25, 0.3) is 0 Å². The Morgan fingerprint density at radius 3 is 3.00 bits per heavy atom. The number of hydrogen-bond acceptors (Lipinski definition) is 6. The molecule has 0 amide bonds. The number of piperidine rings is 1. The fourth-order valence-corrected chi connectivity index (χ4v) is 2.72. The first-order chi connectivity index (χ1) is 9.54. The van der Waals surface area contributed by atoms with E-state index in [1.807, 2.05) is 7.05 Å². The van der Waals surface area contributed by atoms with E-state index in [1.165, 1.54) is 0 Å². The van der Waals surface area contributed by atoms with Gasteiger partial charge in [-0.15, -0.1) is 0 Å². The third-order valence-electron chi connectivity index (χ3n) is 3.98. The summed E-state index contributed by atoms with van der Waals surface area (Å²) >= 11 is 0. The largest absolute Gasteiger partial charge is 0.393 e. The van der Waals surface area contributed by atoms with Gasteiger partial charge in [0.15, 0.2) is 5.65 Å². The number of hydrogen-bond donors (Lipinski definition) is 2. The van der Waals surface area contributed by atoms with Crippen molar-refractivity contribution in [1.29, 1.82) is 0 Å². The molecule has 3 N–H and O–H groups in total. The minimum Gasteiger partial charge on any atom is -0.393 e. The zero-order chi connectivity index (χ0) is 14.3. The van der Waals surface area contributed by atoms with Gasteiger partial charge < -0.3 is 10.8 Å². The van der Waals surface area contributed by atoms with Crippen LogP contribution >= 0.6 is 0 Å². The SMILES string of the molecule is CC1CN(Cc2nc(N)c3cnn(C)c3n2)CCC1O. The molecule has 20 heavy (non-hydrogen) atoms. The van der Waals surface area contributed by atoms with Gasteiger partial charge in [0.1, 0.15) is 11.6 Å². The molecule has 2 aromatic heterocycles. The molecular formula is C13H20N6O. The number of rotatable bonds is 2. The molecule has 3 heterocycles. The number of nitrogens with two attached hydrogens (primary N) is 1. The molecule has 108 valence electrons. The lowest BCUT2D eigenvalue weighted by Crippen LogP contribution is -2.41. The molecule has 2 aromatic rings. The minimum absolute atomic E-state index is 0.197. The average Bonchev–Trinajstić information content (AvgIpc) is 2.77. The molecule has 2 unspecified atom stereocenters. The second-order valence-corrected chi connectivity index (χ2v) is 5.60. The van der Waals surface area contributed by atoms with Crippen LogP contribution in [0.15, 0.2) is 6.20 Å². The van der Waals surface area contributed by atoms with E-state index in [9.17, 15) is 5.11 Å². The summed E-state index contributed by atoms with van der Waals surface area (Å²) in [6.45, 7) is 4.44. The van der Waals surface area contributed by atoms with Crippen molar-refractivity contribution >= 4 is 16.9 Å². The quantitative estimate of drug-likeness (QED) is 0.811. The Labute approximate surface area is 117 Å². The van der Waals surface area contributed by atoms with Gasteiger partial charge in [-0.1, -0.05) is 6.92 Å². The number of nitrogens with zero attached hydrogens (tertiary/aromatic N) is 5. The van der Waals surface area contributed by atoms with E-state index in [-0.39, 0.29) is 12.0 Å². The lowest BCUT2D eigenvalue weighted by Gasteiger charge is -2.33. The Morgan fingerprint density at radius 2 is 2.25 bits per heavy atom. The lowest BCUT2D eigenvalue weighted by atomic mass is 9.97. The van der Waals surface area contributed by atoms with E-state index in [1.54, 1.807) is 10.9 Å². The van der Waals surface area contributed by atoms with E-state index in [2.05, 4.69) is 26.9 Å². The van der Waals surface area contributed by atoms with E-state index in [4.69, 9.17) is 5.73 Å². The number of anilines is 1. The van der Waals surface area contributed by atoms with Crippen LogP contribution in [0.1, 0.15) is 19.2 Å². The van der Waals surface area contributed by atoms with Crippen LogP contribution in [0.2, 0.25) is 0 Å². The first-order valence-electron chi connectivity index (χ1n) is 6.89. The molecule has 0 saturated carbocycles. The topological polar surface area (TPSA) is 93.1 Å². The monoisotopic (exact) mass is 276 g/mol.